The molecular weight excluding hydrogens is 412 g/mol. The minimum absolute atomic E-state index is 0.151. The lowest BCUT2D eigenvalue weighted by molar-refractivity contribution is 0.0500. The normalized spacial score (nSPS) is 14.5. The molecule has 1 saturated carbocycles. The van der Waals surface area contributed by atoms with Gasteiger partial charge in [0.2, 0.25) is 0 Å². The Morgan fingerprint density at radius 2 is 2.00 bits per heavy atom. The summed E-state index contributed by atoms with van der Waals surface area (Å²) < 4.78 is 5.31. The van der Waals surface area contributed by atoms with Crippen LogP contribution in [0.25, 0.3) is 0 Å². The van der Waals surface area contributed by atoms with E-state index in [0.29, 0.717) is 29.2 Å². The van der Waals surface area contributed by atoms with Crippen molar-refractivity contribution in [2.45, 2.75) is 45.4 Å². The summed E-state index contributed by atoms with van der Waals surface area (Å²) in [6.07, 6.45) is 8.24. The van der Waals surface area contributed by atoms with Gasteiger partial charge >= 0.3 is 12.0 Å². The Balaban J connectivity index is 1.91. The average molecular weight is 443 g/mol. The standard InChI is InChI=1S/C23H30N4O3S/c1-3-14-30-21(28)19-20(25-15-17-10-6-4-7-11-17)31-23(26-19)27(22(29)24-2)16-18-12-8-5-9-13-18/h4,6-7,10-11,15,18H,3,5,8-9,12-14,16H2,1-2H3,(H,24,29)/b25-15+. The number of anilines is 1. The quantitative estimate of drug-likeness (QED) is 0.451. The van der Waals surface area contributed by atoms with Gasteiger partial charge in [0.05, 0.1) is 6.61 Å². The van der Waals surface area contributed by atoms with Crippen molar-refractivity contribution in [3.05, 3.63) is 41.6 Å². The number of hydrogen-bond donors (Lipinski definition) is 1. The van der Waals surface area contributed by atoms with E-state index in [0.717, 1.165) is 24.8 Å². The monoisotopic (exact) mass is 442 g/mol. The molecule has 1 aliphatic carbocycles. The zero-order valence-electron chi connectivity index (χ0n) is 18.2. The Morgan fingerprint density at radius 1 is 1.26 bits per heavy atom. The maximum absolute atomic E-state index is 12.7. The zero-order chi connectivity index (χ0) is 22.1. The topological polar surface area (TPSA) is 83.9 Å². The molecule has 0 aliphatic heterocycles. The van der Waals surface area contributed by atoms with E-state index < -0.39 is 5.97 Å². The third-order valence-corrected chi connectivity index (χ3v) is 6.20. The second kappa shape index (κ2) is 11.6. The summed E-state index contributed by atoms with van der Waals surface area (Å²) in [6.45, 7) is 2.83. The predicted octanol–water partition coefficient (Wildman–Crippen LogP) is 5.19. The molecule has 0 unspecified atom stereocenters. The highest BCUT2D eigenvalue weighted by atomic mass is 32.1. The van der Waals surface area contributed by atoms with Crippen molar-refractivity contribution in [2.75, 3.05) is 25.1 Å². The molecule has 166 valence electrons. The first-order valence-corrected chi connectivity index (χ1v) is 11.7. The van der Waals surface area contributed by atoms with Gasteiger partial charge in [-0.3, -0.25) is 4.90 Å². The Kier molecular flexibility index (Phi) is 8.58. The predicted molar refractivity (Wildman–Crippen MR) is 125 cm³/mol. The summed E-state index contributed by atoms with van der Waals surface area (Å²) in [4.78, 5) is 35.9. The van der Waals surface area contributed by atoms with Crippen molar-refractivity contribution in [1.29, 1.82) is 0 Å². The van der Waals surface area contributed by atoms with Gasteiger partial charge in [-0.15, -0.1) is 0 Å². The van der Waals surface area contributed by atoms with E-state index in [2.05, 4.69) is 15.3 Å². The number of benzene rings is 1. The summed E-state index contributed by atoms with van der Waals surface area (Å²) in [5.41, 5.74) is 1.06. The first-order chi connectivity index (χ1) is 15.1. The van der Waals surface area contributed by atoms with Crippen molar-refractivity contribution in [2.24, 2.45) is 10.9 Å². The molecule has 7 nitrogen and oxygen atoms in total. The van der Waals surface area contributed by atoms with Crippen LogP contribution in [-0.2, 0) is 4.74 Å². The minimum atomic E-state index is -0.515. The molecule has 31 heavy (non-hydrogen) atoms. The Labute approximate surface area is 187 Å². The van der Waals surface area contributed by atoms with Crippen LogP contribution in [0.1, 0.15) is 61.5 Å². The molecule has 8 heteroatoms. The Hall–Kier alpha value is -2.74. The second-order valence-electron chi connectivity index (χ2n) is 7.62. The van der Waals surface area contributed by atoms with Gasteiger partial charge in [0.15, 0.2) is 15.8 Å². The van der Waals surface area contributed by atoms with Crippen molar-refractivity contribution >= 4 is 39.7 Å². The van der Waals surface area contributed by atoms with E-state index >= 15 is 0 Å². The van der Waals surface area contributed by atoms with Crippen LogP contribution >= 0.6 is 11.3 Å². The smallest absolute Gasteiger partial charge is 0.360 e. The molecule has 1 aliphatic rings. The third-order valence-electron chi connectivity index (χ3n) is 5.21. The van der Waals surface area contributed by atoms with Gasteiger partial charge in [-0.05, 0) is 30.7 Å². The molecule has 0 saturated heterocycles. The average Bonchev–Trinajstić information content (AvgIpc) is 3.24. The number of carbonyl (C=O) groups is 2. The number of nitrogens with one attached hydrogen (secondary N) is 1. The summed E-state index contributed by atoms with van der Waals surface area (Å²) in [5.74, 6) is -0.0826. The number of aromatic nitrogens is 1. The summed E-state index contributed by atoms with van der Waals surface area (Å²) >= 11 is 1.24. The maximum Gasteiger partial charge on any atom is 0.360 e. The third kappa shape index (κ3) is 6.37. The van der Waals surface area contributed by atoms with Gasteiger partial charge in [0.25, 0.3) is 0 Å². The first kappa shape index (κ1) is 22.9. The van der Waals surface area contributed by atoms with Crippen molar-refractivity contribution in [3.8, 4) is 0 Å². The first-order valence-electron chi connectivity index (χ1n) is 10.9. The minimum Gasteiger partial charge on any atom is -0.461 e. The highest BCUT2D eigenvalue weighted by Gasteiger charge is 2.27. The number of rotatable bonds is 8. The lowest BCUT2D eigenvalue weighted by atomic mass is 9.89. The summed E-state index contributed by atoms with van der Waals surface area (Å²) in [7, 11) is 1.61. The number of thiazole rings is 1. The molecule has 2 amide bonds. The van der Waals surface area contributed by atoms with Gasteiger partial charge in [0, 0.05) is 19.8 Å². The highest BCUT2D eigenvalue weighted by molar-refractivity contribution is 7.19. The Bertz CT molecular complexity index is 891. The van der Waals surface area contributed by atoms with E-state index in [4.69, 9.17) is 4.74 Å². The van der Waals surface area contributed by atoms with Gasteiger partial charge in [-0.1, -0.05) is 67.9 Å². The molecule has 1 heterocycles. The van der Waals surface area contributed by atoms with E-state index in [1.807, 2.05) is 37.3 Å². The lowest BCUT2D eigenvalue weighted by Gasteiger charge is -2.27. The van der Waals surface area contributed by atoms with Crippen LogP contribution in [-0.4, -0.2) is 43.4 Å². The van der Waals surface area contributed by atoms with E-state index in [1.165, 1.54) is 30.6 Å². The van der Waals surface area contributed by atoms with Crippen LogP contribution in [0.5, 0.6) is 0 Å². The molecule has 1 aromatic carbocycles. The van der Waals surface area contributed by atoms with Gasteiger partial charge in [-0.2, -0.15) is 0 Å². The molecule has 0 atom stereocenters. The Morgan fingerprint density at radius 3 is 2.68 bits per heavy atom. The highest BCUT2D eigenvalue weighted by Crippen LogP contribution is 2.35. The number of nitrogens with zero attached hydrogens (tertiary/aromatic N) is 3. The van der Waals surface area contributed by atoms with Crippen LogP contribution in [0.15, 0.2) is 35.3 Å². The maximum atomic E-state index is 12.7. The van der Waals surface area contributed by atoms with Crippen molar-refractivity contribution in [1.82, 2.24) is 10.3 Å². The van der Waals surface area contributed by atoms with Crippen LogP contribution < -0.4 is 10.2 Å². The fourth-order valence-electron chi connectivity index (χ4n) is 3.58. The molecule has 0 spiro atoms. The summed E-state index contributed by atoms with van der Waals surface area (Å²) in [6, 6.07) is 9.41. The van der Waals surface area contributed by atoms with Crippen LogP contribution in [0.4, 0.5) is 14.9 Å². The van der Waals surface area contributed by atoms with Crippen LogP contribution in [0.3, 0.4) is 0 Å². The SMILES string of the molecule is CCCOC(=O)c1nc(N(CC2CCCCC2)C(=O)NC)sc1/N=C/c1ccccc1. The molecule has 2 aromatic rings. The molecule has 1 fully saturated rings. The van der Waals surface area contributed by atoms with Gasteiger partial charge in [0.1, 0.15) is 0 Å². The number of ether oxygens (including phenoxy) is 1. The number of urea groups is 1. The fourth-order valence-corrected chi connectivity index (χ4v) is 4.49. The number of aliphatic imine (C=N–C) groups is 1. The molecule has 3 rings (SSSR count). The lowest BCUT2D eigenvalue weighted by Crippen LogP contribution is -2.41. The van der Waals surface area contributed by atoms with E-state index in [-0.39, 0.29) is 11.7 Å². The van der Waals surface area contributed by atoms with Gasteiger partial charge in [-0.25, -0.2) is 19.6 Å². The van der Waals surface area contributed by atoms with E-state index in [1.54, 1.807) is 18.2 Å². The van der Waals surface area contributed by atoms with Crippen molar-refractivity contribution in [3.63, 3.8) is 0 Å². The second-order valence-corrected chi connectivity index (χ2v) is 8.58. The molecule has 1 aromatic heterocycles. The fraction of sp³-hybridized carbons (Fsp3) is 0.478. The molecule has 0 radical (unpaired) electrons. The van der Waals surface area contributed by atoms with Crippen LogP contribution in [0, 0.1) is 5.92 Å². The number of esters is 1. The number of hydrogen-bond acceptors (Lipinski definition) is 6. The molecular formula is C23H30N4O3S. The number of carbonyl (C=O) groups excluding carboxylic acids is 2. The molecule has 0 bridgehead atoms. The molecule has 1 N–H and O–H groups in total. The largest absolute Gasteiger partial charge is 0.461 e. The number of amides is 2. The van der Waals surface area contributed by atoms with Gasteiger partial charge < -0.3 is 10.1 Å². The van der Waals surface area contributed by atoms with Crippen molar-refractivity contribution < 1.29 is 14.3 Å². The van der Waals surface area contributed by atoms with E-state index in [9.17, 15) is 9.59 Å². The van der Waals surface area contributed by atoms with Crippen LogP contribution in [0.2, 0.25) is 0 Å². The summed E-state index contributed by atoms with van der Waals surface area (Å²) in [5, 5.41) is 3.61. The zero-order valence-corrected chi connectivity index (χ0v) is 19.0.